The normalized spacial score (nSPS) is 16.8. The third kappa shape index (κ3) is 2.45. The van der Waals surface area contributed by atoms with Crippen LogP contribution in [0.4, 0.5) is 0 Å². The first-order valence-corrected chi connectivity index (χ1v) is 7.81. The SMILES string of the molecule is CNC/C=C(\C)c1cc2nccc(C3CCC3)c2s1. The van der Waals surface area contributed by atoms with Gasteiger partial charge in [-0.25, -0.2) is 0 Å². The average Bonchev–Trinajstić information content (AvgIpc) is 2.79. The third-order valence-electron chi connectivity index (χ3n) is 3.99. The highest BCUT2D eigenvalue weighted by Crippen LogP contribution is 2.42. The first kappa shape index (κ1) is 12.8. The Kier molecular flexibility index (Phi) is 3.67. The molecule has 1 saturated carbocycles. The molecule has 3 rings (SSSR count). The van der Waals surface area contributed by atoms with Gasteiger partial charge in [-0.2, -0.15) is 0 Å². The van der Waals surface area contributed by atoms with E-state index in [2.05, 4.69) is 35.4 Å². The summed E-state index contributed by atoms with van der Waals surface area (Å²) in [5.41, 5.74) is 4.03. The first-order chi connectivity index (χ1) is 9.29. The van der Waals surface area contributed by atoms with Crippen molar-refractivity contribution in [2.24, 2.45) is 0 Å². The molecule has 2 nitrogen and oxygen atoms in total. The Bertz CT molecular complexity index is 608. The van der Waals surface area contributed by atoms with Crippen molar-refractivity contribution in [1.82, 2.24) is 10.3 Å². The fourth-order valence-electron chi connectivity index (χ4n) is 2.55. The molecule has 0 aliphatic heterocycles. The van der Waals surface area contributed by atoms with Crippen molar-refractivity contribution >= 4 is 27.1 Å². The summed E-state index contributed by atoms with van der Waals surface area (Å²) in [5.74, 6) is 0.776. The highest BCUT2D eigenvalue weighted by Gasteiger charge is 2.22. The van der Waals surface area contributed by atoms with Crippen molar-refractivity contribution in [1.29, 1.82) is 0 Å². The number of hydrogen-bond donors (Lipinski definition) is 1. The van der Waals surface area contributed by atoms with Crippen LogP contribution in [0.15, 0.2) is 24.4 Å². The van der Waals surface area contributed by atoms with E-state index in [1.165, 1.54) is 45.5 Å². The molecule has 1 N–H and O–H groups in total. The van der Waals surface area contributed by atoms with E-state index >= 15 is 0 Å². The number of nitrogens with zero attached hydrogens (tertiary/aromatic N) is 1. The lowest BCUT2D eigenvalue weighted by atomic mass is 9.80. The molecule has 0 unspecified atom stereocenters. The van der Waals surface area contributed by atoms with Crippen LogP contribution >= 0.6 is 11.3 Å². The second kappa shape index (κ2) is 5.43. The van der Waals surface area contributed by atoms with E-state index in [-0.39, 0.29) is 0 Å². The fourth-order valence-corrected chi connectivity index (χ4v) is 3.75. The number of rotatable bonds is 4. The molecule has 0 saturated heterocycles. The molecule has 0 atom stereocenters. The molecule has 0 radical (unpaired) electrons. The molecule has 1 fully saturated rings. The van der Waals surface area contributed by atoms with E-state index in [9.17, 15) is 0 Å². The summed E-state index contributed by atoms with van der Waals surface area (Å²) in [4.78, 5) is 5.88. The lowest BCUT2D eigenvalue weighted by molar-refractivity contribution is 0.422. The third-order valence-corrected chi connectivity index (χ3v) is 5.30. The van der Waals surface area contributed by atoms with Crippen LogP contribution in [0.5, 0.6) is 0 Å². The lowest BCUT2D eigenvalue weighted by Crippen LogP contribution is -2.08. The summed E-state index contributed by atoms with van der Waals surface area (Å²) in [6.07, 6.45) is 8.29. The van der Waals surface area contributed by atoms with E-state index in [4.69, 9.17) is 0 Å². The molecule has 19 heavy (non-hydrogen) atoms. The predicted molar refractivity (Wildman–Crippen MR) is 83.8 cm³/mol. The van der Waals surface area contributed by atoms with Gasteiger partial charge in [-0.05, 0) is 56.0 Å². The first-order valence-electron chi connectivity index (χ1n) is 7.00. The molecule has 0 aromatic carbocycles. The number of hydrogen-bond acceptors (Lipinski definition) is 3. The Labute approximate surface area is 118 Å². The molecule has 3 heteroatoms. The number of likely N-dealkylation sites (N-methyl/N-ethyl adjacent to an activating group) is 1. The minimum atomic E-state index is 0.776. The Morgan fingerprint density at radius 3 is 3.05 bits per heavy atom. The zero-order valence-corrected chi connectivity index (χ0v) is 12.4. The van der Waals surface area contributed by atoms with E-state index in [0.717, 1.165) is 12.5 Å². The molecule has 100 valence electrons. The van der Waals surface area contributed by atoms with Crippen LogP contribution in [-0.4, -0.2) is 18.6 Å². The van der Waals surface area contributed by atoms with Crippen LogP contribution < -0.4 is 5.32 Å². The van der Waals surface area contributed by atoms with Crippen LogP contribution in [0, 0.1) is 0 Å². The van der Waals surface area contributed by atoms with Gasteiger partial charge in [0, 0.05) is 17.6 Å². The maximum atomic E-state index is 4.53. The summed E-state index contributed by atoms with van der Waals surface area (Å²) in [6.45, 7) is 3.11. The molecule has 0 bridgehead atoms. The number of nitrogens with one attached hydrogen (secondary N) is 1. The molecule has 1 aliphatic carbocycles. The molecular formula is C16H20N2S. The van der Waals surface area contributed by atoms with Crippen molar-refractivity contribution in [3.05, 3.63) is 34.8 Å². The molecular weight excluding hydrogens is 252 g/mol. The number of allylic oxidation sites excluding steroid dienone is 1. The van der Waals surface area contributed by atoms with E-state index in [0.29, 0.717) is 0 Å². The van der Waals surface area contributed by atoms with Gasteiger partial charge in [-0.15, -0.1) is 11.3 Å². The number of aromatic nitrogens is 1. The Morgan fingerprint density at radius 2 is 2.37 bits per heavy atom. The van der Waals surface area contributed by atoms with Crippen LogP contribution in [0.3, 0.4) is 0 Å². The zero-order chi connectivity index (χ0) is 13.2. The van der Waals surface area contributed by atoms with Crippen LogP contribution in [0.2, 0.25) is 0 Å². The summed E-state index contributed by atoms with van der Waals surface area (Å²) in [6, 6.07) is 4.46. The lowest BCUT2D eigenvalue weighted by Gasteiger charge is -2.25. The molecule has 1 aliphatic rings. The minimum Gasteiger partial charge on any atom is -0.316 e. The quantitative estimate of drug-likeness (QED) is 0.903. The second-order valence-electron chi connectivity index (χ2n) is 5.30. The summed E-state index contributed by atoms with van der Waals surface area (Å²) in [5, 5.41) is 3.16. The maximum absolute atomic E-state index is 4.53. The minimum absolute atomic E-state index is 0.776. The van der Waals surface area contributed by atoms with Gasteiger partial charge in [-0.1, -0.05) is 12.5 Å². The number of fused-ring (bicyclic) bond motifs is 1. The Morgan fingerprint density at radius 1 is 1.53 bits per heavy atom. The maximum Gasteiger partial charge on any atom is 0.0818 e. The van der Waals surface area contributed by atoms with Crippen LogP contribution in [-0.2, 0) is 0 Å². The molecule has 0 spiro atoms. The zero-order valence-electron chi connectivity index (χ0n) is 11.6. The van der Waals surface area contributed by atoms with Gasteiger partial charge in [-0.3, -0.25) is 4.98 Å². The van der Waals surface area contributed by atoms with Crippen molar-refractivity contribution in [3.8, 4) is 0 Å². The average molecular weight is 272 g/mol. The van der Waals surface area contributed by atoms with Gasteiger partial charge >= 0.3 is 0 Å². The fraction of sp³-hybridized carbons (Fsp3) is 0.438. The molecule has 2 aromatic heterocycles. The highest BCUT2D eigenvalue weighted by atomic mass is 32.1. The summed E-state index contributed by atoms with van der Waals surface area (Å²) < 4.78 is 1.40. The number of thiophene rings is 1. The second-order valence-corrected chi connectivity index (χ2v) is 6.35. The van der Waals surface area contributed by atoms with Crippen molar-refractivity contribution in [2.75, 3.05) is 13.6 Å². The van der Waals surface area contributed by atoms with Crippen molar-refractivity contribution in [2.45, 2.75) is 32.1 Å². The van der Waals surface area contributed by atoms with Gasteiger partial charge in [0.25, 0.3) is 0 Å². The largest absolute Gasteiger partial charge is 0.316 e. The Hall–Kier alpha value is -1.19. The summed E-state index contributed by atoms with van der Waals surface area (Å²) in [7, 11) is 1.98. The van der Waals surface area contributed by atoms with Gasteiger partial charge in [0.1, 0.15) is 0 Å². The van der Waals surface area contributed by atoms with Gasteiger partial charge in [0.2, 0.25) is 0 Å². The molecule has 0 amide bonds. The van der Waals surface area contributed by atoms with Gasteiger partial charge in [0.05, 0.1) is 10.2 Å². The van der Waals surface area contributed by atoms with Crippen LogP contribution in [0.25, 0.3) is 15.8 Å². The van der Waals surface area contributed by atoms with Crippen LogP contribution in [0.1, 0.15) is 42.5 Å². The predicted octanol–water partition coefficient (Wildman–Crippen LogP) is 4.19. The topological polar surface area (TPSA) is 24.9 Å². The van der Waals surface area contributed by atoms with E-state index in [1.807, 2.05) is 24.6 Å². The monoisotopic (exact) mass is 272 g/mol. The number of pyridine rings is 1. The summed E-state index contributed by atoms with van der Waals surface area (Å²) >= 11 is 1.90. The molecule has 2 heterocycles. The van der Waals surface area contributed by atoms with Gasteiger partial charge in [0.15, 0.2) is 0 Å². The van der Waals surface area contributed by atoms with Gasteiger partial charge < -0.3 is 5.32 Å². The van der Waals surface area contributed by atoms with Crippen molar-refractivity contribution < 1.29 is 0 Å². The molecule has 2 aromatic rings. The van der Waals surface area contributed by atoms with E-state index < -0.39 is 0 Å². The standard InChI is InChI=1S/C16H20N2S/c1-11(6-8-17-2)15-10-14-16(19-15)13(7-9-18-14)12-4-3-5-12/h6-7,9-10,12,17H,3-5,8H2,1-2H3/b11-6+. The van der Waals surface area contributed by atoms with Crippen molar-refractivity contribution in [3.63, 3.8) is 0 Å². The Balaban J connectivity index is 2.00. The smallest absolute Gasteiger partial charge is 0.0818 e. The van der Waals surface area contributed by atoms with E-state index in [1.54, 1.807) is 0 Å². The highest BCUT2D eigenvalue weighted by molar-refractivity contribution is 7.20.